The molecule has 0 aliphatic carbocycles. The van der Waals surface area contributed by atoms with E-state index in [2.05, 4.69) is 6.07 Å². The highest BCUT2D eigenvalue weighted by Gasteiger charge is 2.37. The van der Waals surface area contributed by atoms with Gasteiger partial charge in [-0.3, -0.25) is 9.59 Å². The van der Waals surface area contributed by atoms with Gasteiger partial charge in [-0.2, -0.15) is 0 Å². The first-order chi connectivity index (χ1) is 8.40. The lowest BCUT2D eigenvalue weighted by Crippen LogP contribution is -2.29. The van der Waals surface area contributed by atoms with E-state index in [1.807, 2.05) is 20.8 Å². The molecule has 1 amide bonds. The van der Waals surface area contributed by atoms with Gasteiger partial charge in [-0.05, 0) is 32.4 Å². The van der Waals surface area contributed by atoms with Crippen molar-refractivity contribution in [2.45, 2.75) is 33.2 Å². The third-order valence-electron chi connectivity index (χ3n) is 3.50. The molecule has 1 fully saturated rings. The molecule has 18 heavy (non-hydrogen) atoms. The number of likely N-dealkylation sites (tertiary alicyclic amines) is 1. The Hall–Kier alpha value is -1.36. The Balaban J connectivity index is 2.19. The van der Waals surface area contributed by atoms with Gasteiger partial charge < -0.3 is 10.0 Å². The van der Waals surface area contributed by atoms with Crippen molar-refractivity contribution in [2.24, 2.45) is 5.92 Å². The Morgan fingerprint density at radius 3 is 2.67 bits per heavy atom. The minimum atomic E-state index is -0.878. The molecule has 1 aliphatic heterocycles. The number of carboxylic acid groups (broad SMARTS) is 1. The fourth-order valence-electron chi connectivity index (χ4n) is 2.50. The van der Waals surface area contributed by atoms with E-state index in [-0.39, 0.29) is 18.4 Å². The van der Waals surface area contributed by atoms with Crippen molar-refractivity contribution < 1.29 is 14.7 Å². The minimum absolute atomic E-state index is 0.0354. The zero-order valence-electron chi connectivity index (χ0n) is 10.8. The number of carboxylic acids is 1. The molecular weight excluding hydrogens is 250 g/mol. The molecule has 1 saturated heterocycles. The highest BCUT2D eigenvalue weighted by Crippen LogP contribution is 2.33. The molecule has 2 heterocycles. The summed E-state index contributed by atoms with van der Waals surface area (Å²) in [6, 6.07) is 2.05. The molecule has 98 valence electrons. The number of hydrogen-bond donors (Lipinski definition) is 1. The summed E-state index contributed by atoms with van der Waals surface area (Å²) in [5, 5.41) is 8.98. The fraction of sp³-hybridized carbons (Fsp3) is 0.538. The minimum Gasteiger partial charge on any atom is -0.481 e. The first kappa shape index (κ1) is 13.1. The summed E-state index contributed by atoms with van der Waals surface area (Å²) in [5.74, 6) is -1.49. The second kappa shape index (κ2) is 4.72. The van der Waals surface area contributed by atoms with E-state index in [4.69, 9.17) is 5.11 Å². The fourth-order valence-corrected chi connectivity index (χ4v) is 3.52. The quantitative estimate of drug-likeness (QED) is 0.914. The highest BCUT2D eigenvalue weighted by molar-refractivity contribution is 7.12. The van der Waals surface area contributed by atoms with Crippen molar-refractivity contribution in [1.29, 1.82) is 0 Å². The Bertz CT molecular complexity index is 494. The van der Waals surface area contributed by atoms with E-state index in [0.29, 0.717) is 6.54 Å². The Labute approximate surface area is 110 Å². The molecule has 2 rings (SSSR count). The molecule has 0 aromatic carbocycles. The number of nitrogens with zero attached hydrogens (tertiary/aromatic N) is 1. The van der Waals surface area contributed by atoms with Crippen LogP contribution in [0.25, 0.3) is 0 Å². The van der Waals surface area contributed by atoms with Gasteiger partial charge in [0.15, 0.2) is 0 Å². The maximum Gasteiger partial charge on any atom is 0.308 e. The van der Waals surface area contributed by atoms with Crippen LogP contribution in [0.2, 0.25) is 0 Å². The lowest BCUT2D eigenvalue weighted by atomic mass is 10.1. The number of aryl methyl sites for hydroxylation is 2. The molecule has 5 heteroatoms. The van der Waals surface area contributed by atoms with Crippen LogP contribution in [0.3, 0.4) is 0 Å². The van der Waals surface area contributed by atoms with Crippen molar-refractivity contribution >= 4 is 23.2 Å². The summed E-state index contributed by atoms with van der Waals surface area (Å²) in [6.45, 7) is 6.37. The summed E-state index contributed by atoms with van der Waals surface area (Å²) < 4.78 is 0. The van der Waals surface area contributed by atoms with Crippen molar-refractivity contribution in [3.8, 4) is 0 Å². The molecule has 0 bridgehead atoms. The van der Waals surface area contributed by atoms with Gasteiger partial charge in [0.1, 0.15) is 0 Å². The number of carbonyl (C=O) groups excluding carboxylic acids is 1. The summed E-state index contributed by atoms with van der Waals surface area (Å²) in [6.07, 6.45) is 0.127. The maximum atomic E-state index is 11.9. The van der Waals surface area contributed by atoms with Crippen LogP contribution in [-0.4, -0.2) is 28.4 Å². The number of thiophene rings is 1. The standard InChI is InChI=1S/C13H17NO3S/c1-7-4-11(9(3)18-7)8(2)14-6-10(13(16)17)5-12(14)15/h4,8,10H,5-6H2,1-3H3,(H,16,17). The molecule has 4 nitrogen and oxygen atoms in total. The van der Waals surface area contributed by atoms with Gasteiger partial charge in [0.05, 0.1) is 12.0 Å². The third-order valence-corrected chi connectivity index (χ3v) is 4.49. The predicted octanol–water partition coefficient (Wildman–Crippen LogP) is 2.36. The van der Waals surface area contributed by atoms with E-state index < -0.39 is 11.9 Å². The van der Waals surface area contributed by atoms with Gasteiger partial charge in [0.2, 0.25) is 5.91 Å². The smallest absolute Gasteiger partial charge is 0.308 e. The van der Waals surface area contributed by atoms with Crippen LogP contribution < -0.4 is 0 Å². The normalized spacial score (nSPS) is 21.4. The van der Waals surface area contributed by atoms with Gasteiger partial charge in [-0.15, -0.1) is 11.3 Å². The van der Waals surface area contributed by atoms with Crippen molar-refractivity contribution in [2.75, 3.05) is 6.54 Å². The van der Waals surface area contributed by atoms with Crippen LogP contribution in [0, 0.1) is 19.8 Å². The average Bonchev–Trinajstić information content (AvgIpc) is 2.81. The number of aliphatic carboxylic acids is 1. The molecular formula is C13H17NO3S. The first-order valence-electron chi connectivity index (χ1n) is 5.99. The summed E-state index contributed by atoms with van der Waals surface area (Å²) in [4.78, 5) is 26.9. The molecule has 1 N–H and O–H groups in total. The molecule has 0 saturated carbocycles. The highest BCUT2D eigenvalue weighted by atomic mass is 32.1. The Morgan fingerprint density at radius 2 is 2.22 bits per heavy atom. The molecule has 1 aromatic heterocycles. The third kappa shape index (κ3) is 2.27. The Kier molecular flexibility index (Phi) is 3.43. The zero-order chi connectivity index (χ0) is 13.4. The van der Waals surface area contributed by atoms with Crippen LogP contribution in [0.5, 0.6) is 0 Å². The van der Waals surface area contributed by atoms with Gasteiger partial charge in [-0.1, -0.05) is 0 Å². The van der Waals surface area contributed by atoms with Crippen LogP contribution in [-0.2, 0) is 9.59 Å². The number of carbonyl (C=O) groups is 2. The SMILES string of the molecule is Cc1cc(C(C)N2CC(C(=O)O)CC2=O)c(C)s1. The predicted molar refractivity (Wildman–Crippen MR) is 69.7 cm³/mol. The zero-order valence-corrected chi connectivity index (χ0v) is 11.6. The van der Waals surface area contributed by atoms with Gasteiger partial charge >= 0.3 is 5.97 Å². The molecule has 2 atom stereocenters. The van der Waals surface area contributed by atoms with Crippen LogP contribution in [0.1, 0.15) is 34.7 Å². The average molecular weight is 267 g/mol. The van der Waals surface area contributed by atoms with Gasteiger partial charge in [-0.25, -0.2) is 0 Å². The lowest BCUT2D eigenvalue weighted by molar-refractivity contribution is -0.141. The largest absolute Gasteiger partial charge is 0.481 e. The van der Waals surface area contributed by atoms with Crippen LogP contribution in [0.4, 0.5) is 0 Å². The van der Waals surface area contributed by atoms with E-state index in [9.17, 15) is 9.59 Å². The van der Waals surface area contributed by atoms with Crippen molar-refractivity contribution in [3.05, 3.63) is 21.4 Å². The van der Waals surface area contributed by atoms with E-state index in [0.717, 1.165) is 5.56 Å². The van der Waals surface area contributed by atoms with Crippen molar-refractivity contribution in [3.63, 3.8) is 0 Å². The summed E-state index contributed by atoms with van der Waals surface area (Å²) in [7, 11) is 0. The number of amides is 1. The molecule has 0 spiro atoms. The van der Waals surface area contributed by atoms with E-state index >= 15 is 0 Å². The van der Waals surface area contributed by atoms with Gasteiger partial charge in [0.25, 0.3) is 0 Å². The van der Waals surface area contributed by atoms with E-state index in [1.165, 1.54) is 9.75 Å². The van der Waals surface area contributed by atoms with Crippen LogP contribution in [0.15, 0.2) is 6.07 Å². The topological polar surface area (TPSA) is 57.6 Å². The van der Waals surface area contributed by atoms with Gasteiger partial charge in [0, 0.05) is 22.7 Å². The lowest BCUT2D eigenvalue weighted by Gasteiger charge is -2.24. The monoisotopic (exact) mass is 267 g/mol. The molecule has 1 aliphatic rings. The van der Waals surface area contributed by atoms with E-state index in [1.54, 1.807) is 16.2 Å². The summed E-state index contributed by atoms with van der Waals surface area (Å²) >= 11 is 1.71. The van der Waals surface area contributed by atoms with Crippen molar-refractivity contribution in [1.82, 2.24) is 4.90 Å². The second-order valence-electron chi connectivity index (χ2n) is 4.83. The Morgan fingerprint density at radius 1 is 1.56 bits per heavy atom. The molecule has 1 aromatic rings. The van der Waals surface area contributed by atoms with Crippen LogP contribution >= 0.6 is 11.3 Å². The molecule has 2 unspecified atom stereocenters. The number of hydrogen-bond acceptors (Lipinski definition) is 3. The molecule has 0 radical (unpaired) electrons. The number of rotatable bonds is 3. The summed E-state index contributed by atoms with van der Waals surface area (Å²) in [5.41, 5.74) is 1.14. The first-order valence-corrected chi connectivity index (χ1v) is 6.81. The maximum absolute atomic E-state index is 11.9. The second-order valence-corrected chi connectivity index (χ2v) is 6.29.